The molecule has 1 aromatic rings. The van der Waals surface area contributed by atoms with Crippen LogP contribution in [-0.4, -0.2) is 16.9 Å². The van der Waals surface area contributed by atoms with Crippen LogP contribution in [0, 0.1) is 10.1 Å². The van der Waals surface area contributed by atoms with Gasteiger partial charge in [-0.25, -0.2) is 4.79 Å². The van der Waals surface area contributed by atoms with Gasteiger partial charge in [-0.15, -0.1) is 0 Å². The van der Waals surface area contributed by atoms with Crippen molar-refractivity contribution < 1.29 is 18.9 Å². The second kappa shape index (κ2) is 3.50. The first-order valence-corrected chi connectivity index (χ1v) is 4.14. The number of urea groups is 1. The van der Waals surface area contributed by atoms with Gasteiger partial charge in [0.25, 0.3) is 5.91 Å². The average Bonchev–Trinajstić information content (AvgIpc) is 2.75. The van der Waals surface area contributed by atoms with E-state index in [9.17, 15) is 19.7 Å². The molecule has 1 saturated heterocycles. The third-order valence-electron chi connectivity index (χ3n) is 1.80. The van der Waals surface area contributed by atoms with Crippen molar-refractivity contribution in [2.24, 2.45) is 0 Å². The van der Waals surface area contributed by atoms with Crippen LogP contribution < -0.4 is 10.6 Å². The summed E-state index contributed by atoms with van der Waals surface area (Å²) in [6.45, 7) is 0. The number of hydrogen-bond donors (Lipinski definition) is 2. The summed E-state index contributed by atoms with van der Waals surface area (Å²) >= 11 is 0. The van der Waals surface area contributed by atoms with E-state index in [0.29, 0.717) is 0 Å². The quantitative estimate of drug-likeness (QED) is 0.325. The summed E-state index contributed by atoms with van der Waals surface area (Å²) < 4.78 is 4.78. The third kappa shape index (κ3) is 1.75. The molecule has 0 bridgehead atoms. The number of nitro groups is 1. The summed E-state index contributed by atoms with van der Waals surface area (Å²) in [5, 5.41) is 14.5. The fourth-order valence-electron chi connectivity index (χ4n) is 1.14. The molecule has 0 aliphatic carbocycles. The van der Waals surface area contributed by atoms with E-state index in [-0.39, 0.29) is 11.5 Å². The molecule has 0 aromatic carbocycles. The maximum absolute atomic E-state index is 11.1. The SMILES string of the molecule is O=C1NC(=O)C(=Cc2ccc([N+](=O)[O-])o2)N1. The van der Waals surface area contributed by atoms with Gasteiger partial charge in [-0.3, -0.25) is 20.2 Å². The molecule has 2 N–H and O–H groups in total. The van der Waals surface area contributed by atoms with Crippen LogP contribution in [0.1, 0.15) is 5.76 Å². The Hall–Kier alpha value is -2.64. The molecule has 1 aliphatic heterocycles. The van der Waals surface area contributed by atoms with Crippen molar-refractivity contribution in [3.63, 3.8) is 0 Å². The highest BCUT2D eigenvalue weighted by Gasteiger charge is 2.23. The second-order valence-electron chi connectivity index (χ2n) is 2.90. The average molecular weight is 223 g/mol. The molecule has 0 spiro atoms. The first-order chi connectivity index (χ1) is 7.56. The number of amides is 3. The van der Waals surface area contributed by atoms with E-state index in [1.165, 1.54) is 12.1 Å². The van der Waals surface area contributed by atoms with Crippen LogP contribution in [0.5, 0.6) is 0 Å². The lowest BCUT2D eigenvalue weighted by Gasteiger charge is -1.90. The summed E-state index contributed by atoms with van der Waals surface area (Å²) in [6, 6.07) is 1.83. The number of carbonyl (C=O) groups excluding carboxylic acids is 2. The van der Waals surface area contributed by atoms with Crippen molar-refractivity contribution in [2.45, 2.75) is 0 Å². The lowest BCUT2D eigenvalue weighted by molar-refractivity contribution is -0.402. The van der Waals surface area contributed by atoms with E-state index in [4.69, 9.17) is 4.42 Å². The van der Waals surface area contributed by atoms with Gasteiger partial charge in [0.1, 0.15) is 16.4 Å². The molecule has 82 valence electrons. The highest BCUT2D eigenvalue weighted by molar-refractivity contribution is 6.13. The topological polar surface area (TPSA) is 114 Å². The summed E-state index contributed by atoms with van der Waals surface area (Å²) in [5.41, 5.74) is -0.0192. The molecule has 1 aromatic heterocycles. The Kier molecular flexibility index (Phi) is 2.16. The Morgan fingerprint density at radius 2 is 2.06 bits per heavy atom. The molecule has 0 unspecified atom stereocenters. The second-order valence-corrected chi connectivity index (χ2v) is 2.90. The molecule has 8 heteroatoms. The first kappa shape index (κ1) is 9.90. The largest absolute Gasteiger partial charge is 0.433 e. The van der Waals surface area contributed by atoms with E-state index in [1.54, 1.807) is 0 Å². The summed E-state index contributed by atoms with van der Waals surface area (Å²) in [4.78, 5) is 31.4. The Labute approximate surface area is 88.1 Å². The molecule has 3 amide bonds. The van der Waals surface area contributed by atoms with Crippen LogP contribution in [0.2, 0.25) is 0 Å². The van der Waals surface area contributed by atoms with E-state index in [2.05, 4.69) is 5.32 Å². The summed E-state index contributed by atoms with van der Waals surface area (Å²) in [7, 11) is 0. The number of furan rings is 1. The van der Waals surface area contributed by atoms with Crippen molar-refractivity contribution in [1.29, 1.82) is 0 Å². The van der Waals surface area contributed by atoms with Crippen molar-refractivity contribution in [3.05, 3.63) is 33.7 Å². The molecule has 1 fully saturated rings. The van der Waals surface area contributed by atoms with Crippen LogP contribution in [0.15, 0.2) is 22.2 Å². The number of imide groups is 1. The summed E-state index contributed by atoms with van der Waals surface area (Å²) in [5.74, 6) is -0.931. The number of nitrogens with zero attached hydrogens (tertiary/aromatic N) is 1. The van der Waals surface area contributed by atoms with Crippen LogP contribution >= 0.6 is 0 Å². The zero-order chi connectivity index (χ0) is 11.7. The Morgan fingerprint density at radius 3 is 2.56 bits per heavy atom. The van der Waals surface area contributed by atoms with E-state index < -0.39 is 22.7 Å². The highest BCUT2D eigenvalue weighted by Crippen LogP contribution is 2.18. The minimum atomic E-state index is -0.699. The molecule has 16 heavy (non-hydrogen) atoms. The van der Waals surface area contributed by atoms with E-state index in [1.807, 2.05) is 5.32 Å². The first-order valence-electron chi connectivity index (χ1n) is 4.14. The number of carbonyl (C=O) groups is 2. The molecular formula is C8H5N3O5. The smallest absolute Gasteiger partial charge is 0.401 e. The van der Waals surface area contributed by atoms with Crippen LogP contribution in [0.3, 0.4) is 0 Å². The predicted molar refractivity (Wildman–Crippen MR) is 50.0 cm³/mol. The fourth-order valence-corrected chi connectivity index (χ4v) is 1.14. The van der Waals surface area contributed by atoms with Crippen molar-refractivity contribution in [2.75, 3.05) is 0 Å². The molecule has 0 atom stereocenters. The molecule has 0 saturated carbocycles. The van der Waals surface area contributed by atoms with Gasteiger partial charge in [-0.05, 0) is 6.07 Å². The maximum atomic E-state index is 11.1. The van der Waals surface area contributed by atoms with Gasteiger partial charge >= 0.3 is 11.9 Å². The highest BCUT2D eigenvalue weighted by atomic mass is 16.6. The van der Waals surface area contributed by atoms with Crippen LogP contribution in [0.25, 0.3) is 6.08 Å². The zero-order valence-corrected chi connectivity index (χ0v) is 7.72. The van der Waals surface area contributed by atoms with Gasteiger partial charge in [0, 0.05) is 6.08 Å². The Bertz CT molecular complexity index is 515. The number of hydrogen-bond acceptors (Lipinski definition) is 5. The lowest BCUT2D eigenvalue weighted by atomic mass is 10.3. The van der Waals surface area contributed by atoms with Crippen molar-refractivity contribution >= 4 is 23.9 Å². The van der Waals surface area contributed by atoms with Crippen LogP contribution in [0.4, 0.5) is 10.7 Å². The molecule has 1 aliphatic rings. The summed E-state index contributed by atoms with van der Waals surface area (Å²) in [6.07, 6.45) is 1.20. The van der Waals surface area contributed by atoms with Gasteiger partial charge in [-0.1, -0.05) is 0 Å². The van der Waals surface area contributed by atoms with Gasteiger partial charge in [0.2, 0.25) is 0 Å². The Balaban J connectivity index is 2.26. The fraction of sp³-hybridized carbons (Fsp3) is 0. The number of rotatable bonds is 2. The van der Waals surface area contributed by atoms with Crippen molar-refractivity contribution in [3.8, 4) is 0 Å². The van der Waals surface area contributed by atoms with E-state index in [0.717, 1.165) is 6.07 Å². The number of nitrogens with one attached hydrogen (secondary N) is 2. The Morgan fingerprint density at radius 1 is 1.31 bits per heavy atom. The molecule has 2 rings (SSSR count). The molecule has 0 radical (unpaired) electrons. The minimum absolute atomic E-state index is 0.0192. The lowest BCUT2D eigenvalue weighted by Crippen LogP contribution is -2.22. The van der Waals surface area contributed by atoms with Gasteiger partial charge in [0.05, 0.1) is 6.07 Å². The predicted octanol–water partition coefficient (Wildman–Crippen LogP) is 0.368. The van der Waals surface area contributed by atoms with Crippen molar-refractivity contribution in [1.82, 2.24) is 10.6 Å². The molecule has 2 heterocycles. The normalized spacial score (nSPS) is 17.4. The molecule has 8 nitrogen and oxygen atoms in total. The van der Waals surface area contributed by atoms with E-state index >= 15 is 0 Å². The minimum Gasteiger partial charge on any atom is -0.401 e. The van der Waals surface area contributed by atoms with Gasteiger partial charge < -0.3 is 9.73 Å². The zero-order valence-electron chi connectivity index (χ0n) is 7.72. The van der Waals surface area contributed by atoms with Crippen LogP contribution in [-0.2, 0) is 4.79 Å². The standard InChI is InChI=1S/C8H5N3O5/c12-7-5(9-8(13)10-7)3-4-1-2-6(16-4)11(14)15/h1-3H,(H2,9,10,12,13). The monoisotopic (exact) mass is 223 g/mol. The maximum Gasteiger partial charge on any atom is 0.433 e. The van der Waals surface area contributed by atoms with Gasteiger partial charge in [0.15, 0.2) is 0 Å². The van der Waals surface area contributed by atoms with Gasteiger partial charge in [-0.2, -0.15) is 0 Å². The molecular weight excluding hydrogens is 218 g/mol. The third-order valence-corrected chi connectivity index (χ3v) is 1.80.